The highest BCUT2D eigenvalue weighted by Crippen LogP contribution is 2.58. The van der Waals surface area contributed by atoms with Crippen molar-refractivity contribution in [1.29, 1.82) is 0 Å². The third kappa shape index (κ3) is 4.88. The molecule has 0 saturated heterocycles. The van der Waals surface area contributed by atoms with E-state index in [2.05, 4.69) is 20.4 Å². The van der Waals surface area contributed by atoms with Crippen LogP contribution in [0.15, 0.2) is 40.4 Å². The predicted octanol–water partition coefficient (Wildman–Crippen LogP) is 6.29. The van der Waals surface area contributed by atoms with E-state index in [4.69, 9.17) is 4.52 Å². The summed E-state index contributed by atoms with van der Waals surface area (Å²) >= 11 is 1.39. The smallest absolute Gasteiger partial charge is 0.257 e. The topological polar surface area (TPSA) is 101 Å². The van der Waals surface area contributed by atoms with Crippen molar-refractivity contribution in [3.63, 3.8) is 0 Å². The minimum absolute atomic E-state index is 0.0188. The van der Waals surface area contributed by atoms with Crippen molar-refractivity contribution in [2.45, 2.75) is 83.0 Å². The largest absolute Gasteiger partial charge is 0.339 e. The lowest BCUT2D eigenvalue weighted by molar-refractivity contribution is -0.124. The van der Waals surface area contributed by atoms with E-state index >= 15 is 0 Å². The first kappa shape index (κ1) is 25.2. The molecule has 0 atom stereocenters. The van der Waals surface area contributed by atoms with E-state index in [0.29, 0.717) is 23.1 Å². The number of nitrogens with zero attached hydrogens (tertiary/aromatic N) is 4. The van der Waals surface area contributed by atoms with Gasteiger partial charge >= 0.3 is 0 Å². The molecule has 4 aliphatic carbocycles. The molecular formula is C29H35N5O3S. The van der Waals surface area contributed by atoms with Crippen LogP contribution in [0.25, 0.3) is 0 Å². The fourth-order valence-corrected chi connectivity index (χ4v) is 7.33. The summed E-state index contributed by atoms with van der Waals surface area (Å²) in [6.45, 7) is 2.57. The van der Waals surface area contributed by atoms with Crippen LogP contribution >= 0.6 is 11.3 Å². The number of fused-ring (bicyclic) bond motifs is 3. The molecule has 4 saturated carbocycles. The standard InChI is InChI=1S/C29H35N5O3S/c1-20-31-26(37-33-20)29-13-10-28(11-14-29,12-15-29)19-34(25(36)21-6-3-2-4-7-21)23-9-5-8-22(18-23)24(35)32-27-30-16-17-38-27/h5,8-9,16-18,21H,2-4,6-7,10-15,19H2,1H3,(H,30,32,35). The molecule has 0 aliphatic heterocycles. The number of thiazole rings is 1. The molecule has 9 heteroatoms. The third-order valence-corrected chi connectivity index (χ3v) is 9.86. The zero-order chi connectivity index (χ0) is 26.2. The van der Waals surface area contributed by atoms with Crippen molar-refractivity contribution in [3.05, 3.63) is 53.1 Å². The Labute approximate surface area is 227 Å². The zero-order valence-corrected chi connectivity index (χ0v) is 22.8. The number of anilines is 2. The van der Waals surface area contributed by atoms with Gasteiger partial charge in [-0.25, -0.2) is 4.98 Å². The van der Waals surface area contributed by atoms with E-state index < -0.39 is 0 Å². The zero-order valence-electron chi connectivity index (χ0n) is 21.9. The quantitative estimate of drug-likeness (QED) is 0.383. The SMILES string of the molecule is Cc1noc(C23CCC(CN(C(=O)C4CCCCC4)c4cccc(C(=O)Nc5nccs5)c4)(CC2)CC3)n1. The van der Waals surface area contributed by atoms with Gasteiger partial charge < -0.3 is 9.42 Å². The molecule has 200 valence electrons. The summed E-state index contributed by atoms with van der Waals surface area (Å²) in [7, 11) is 0. The molecule has 2 amide bonds. The van der Waals surface area contributed by atoms with Crippen LogP contribution in [0.3, 0.4) is 0 Å². The highest BCUT2D eigenvalue weighted by molar-refractivity contribution is 7.13. The molecular weight excluding hydrogens is 498 g/mol. The molecule has 2 bridgehead atoms. The molecule has 1 N–H and O–H groups in total. The molecule has 1 aromatic carbocycles. The lowest BCUT2D eigenvalue weighted by atomic mass is 9.53. The van der Waals surface area contributed by atoms with E-state index in [1.807, 2.05) is 35.4 Å². The van der Waals surface area contributed by atoms with Gasteiger partial charge in [-0.15, -0.1) is 11.3 Å². The summed E-state index contributed by atoms with van der Waals surface area (Å²) in [6, 6.07) is 7.54. The van der Waals surface area contributed by atoms with Crippen molar-refractivity contribution < 1.29 is 14.1 Å². The van der Waals surface area contributed by atoms with Gasteiger partial charge in [0, 0.05) is 40.7 Å². The number of hydrogen-bond donors (Lipinski definition) is 1. The molecule has 7 rings (SSSR count). The number of amides is 2. The molecule has 38 heavy (non-hydrogen) atoms. The highest BCUT2D eigenvalue weighted by atomic mass is 32.1. The van der Waals surface area contributed by atoms with Gasteiger partial charge in [0.1, 0.15) is 0 Å². The molecule has 8 nitrogen and oxygen atoms in total. The third-order valence-electron chi connectivity index (χ3n) is 9.17. The number of aryl methyl sites for hydroxylation is 1. The van der Waals surface area contributed by atoms with Crippen LogP contribution in [0.5, 0.6) is 0 Å². The Morgan fingerprint density at radius 3 is 2.53 bits per heavy atom. The van der Waals surface area contributed by atoms with Gasteiger partial charge in [0.2, 0.25) is 11.8 Å². The molecule has 0 radical (unpaired) electrons. The number of aromatic nitrogens is 3. The maximum Gasteiger partial charge on any atom is 0.257 e. The van der Waals surface area contributed by atoms with Gasteiger partial charge in [0.25, 0.3) is 5.91 Å². The van der Waals surface area contributed by atoms with Gasteiger partial charge in [-0.1, -0.05) is 30.5 Å². The lowest BCUT2D eigenvalue weighted by Crippen LogP contribution is -2.51. The van der Waals surface area contributed by atoms with Gasteiger partial charge in [-0.3, -0.25) is 14.9 Å². The summed E-state index contributed by atoms with van der Waals surface area (Å²) < 4.78 is 5.63. The monoisotopic (exact) mass is 533 g/mol. The lowest BCUT2D eigenvalue weighted by Gasteiger charge is -2.53. The Hall–Kier alpha value is -3.07. The fraction of sp³-hybridized carbons (Fsp3) is 0.552. The van der Waals surface area contributed by atoms with E-state index in [1.165, 1.54) is 17.8 Å². The Bertz CT molecular complexity index is 1270. The van der Waals surface area contributed by atoms with Gasteiger partial charge in [0.05, 0.1) is 0 Å². The second kappa shape index (κ2) is 10.2. The van der Waals surface area contributed by atoms with Crippen LogP contribution in [0, 0.1) is 18.3 Å². The van der Waals surface area contributed by atoms with Crippen LogP contribution in [0.4, 0.5) is 10.8 Å². The maximum atomic E-state index is 14.1. The first-order valence-corrected chi connectivity index (χ1v) is 14.8. The van der Waals surface area contributed by atoms with Crippen LogP contribution < -0.4 is 10.2 Å². The highest BCUT2D eigenvalue weighted by Gasteiger charge is 2.53. The van der Waals surface area contributed by atoms with Crippen molar-refractivity contribution in [3.8, 4) is 0 Å². The number of benzene rings is 1. The summed E-state index contributed by atoms with van der Waals surface area (Å²) in [6.07, 6.45) is 13.1. The summed E-state index contributed by atoms with van der Waals surface area (Å²) in [5.74, 6) is 1.55. The first-order valence-electron chi connectivity index (χ1n) is 13.9. The number of nitrogens with one attached hydrogen (secondary N) is 1. The average Bonchev–Trinajstić information content (AvgIpc) is 3.65. The van der Waals surface area contributed by atoms with Gasteiger partial charge in [-0.2, -0.15) is 4.98 Å². The predicted molar refractivity (Wildman–Crippen MR) is 146 cm³/mol. The van der Waals surface area contributed by atoms with E-state index in [9.17, 15) is 9.59 Å². The molecule has 2 heterocycles. The second-order valence-electron chi connectivity index (χ2n) is 11.5. The van der Waals surface area contributed by atoms with Crippen LogP contribution in [0.1, 0.15) is 92.7 Å². The number of hydrogen-bond acceptors (Lipinski definition) is 7. The van der Waals surface area contributed by atoms with Gasteiger partial charge in [-0.05, 0) is 81.9 Å². The van der Waals surface area contributed by atoms with E-state index in [-0.39, 0.29) is 28.6 Å². The Balaban J connectivity index is 1.25. The van der Waals surface area contributed by atoms with Crippen LogP contribution in [-0.4, -0.2) is 33.5 Å². The molecule has 0 spiro atoms. The Kier molecular flexibility index (Phi) is 6.80. The maximum absolute atomic E-state index is 14.1. The van der Waals surface area contributed by atoms with Crippen molar-refractivity contribution in [2.24, 2.45) is 11.3 Å². The van der Waals surface area contributed by atoms with Crippen molar-refractivity contribution >= 4 is 34.0 Å². The number of carbonyl (C=O) groups is 2. The first-order chi connectivity index (χ1) is 18.5. The average molecular weight is 534 g/mol. The van der Waals surface area contributed by atoms with Crippen LogP contribution in [0.2, 0.25) is 0 Å². The van der Waals surface area contributed by atoms with Gasteiger partial charge in [0.15, 0.2) is 11.0 Å². The molecule has 3 aromatic rings. The molecule has 4 aliphatic rings. The van der Waals surface area contributed by atoms with Crippen molar-refractivity contribution in [2.75, 3.05) is 16.8 Å². The minimum Gasteiger partial charge on any atom is -0.339 e. The Morgan fingerprint density at radius 2 is 1.87 bits per heavy atom. The summed E-state index contributed by atoms with van der Waals surface area (Å²) in [5, 5.41) is 9.32. The Morgan fingerprint density at radius 1 is 1.11 bits per heavy atom. The molecule has 4 fully saturated rings. The van der Waals surface area contributed by atoms with Crippen LogP contribution in [-0.2, 0) is 10.2 Å². The minimum atomic E-state index is -0.208. The summed E-state index contributed by atoms with van der Waals surface area (Å²) in [5.41, 5.74) is 1.40. The molecule has 0 unspecified atom stereocenters. The van der Waals surface area contributed by atoms with E-state index in [0.717, 1.165) is 75.8 Å². The molecule has 2 aromatic heterocycles. The van der Waals surface area contributed by atoms with E-state index in [1.54, 1.807) is 12.3 Å². The van der Waals surface area contributed by atoms with Crippen molar-refractivity contribution in [1.82, 2.24) is 15.1 Å². The summed E-state index contributed by atoms with van der Waals surface area (Å²) in [4.78, 5) is 37.8. The fourth-order valence-electron chi connectivity index (χ4n) is 6.81. The number of rotatable bonds is 7. The number of carbonyl (C=O) groups excluding carboxylic acids is 2. The second-order valence-corrected chi connectivity index (χ2v) is 12.4. The normalized spacial score (nSPS) is 25.3.